The van der Waals surface area contributed by atoms with Gasteiger partial charge < -0.3 is 9.05 Å². The molecule has 1 rings (SSSR count). The fourth-order valence-electron chi connectivity index (χ4n) is 1.86. The number of hydrogen-bond donors (Lipinski definition) is 0. The van der Waals surface area contributed by atoms with Gasteiger partial charge in [0.15, 0.2) is 3.82 Å². The molecule has 0 spiro atoms. The lowest BCUT2D eigenvalue weighted by Gasteiger charge is -2.40. The Bertz CT molecular complexity index is 294. The molecule has 0 saturated carbocycles. The van der Waals surface area contributed by atoms with Crippen LogP contribution in [0.3, 0.4) is 0 Å². The predicted octanol–water partition coefficient (Wildman–Crippen LogP) is 4.74. The van der Waals surface area contributed by atoms with Crippen LogP contribution in [0.1, 0.15) is 33.1 Å². The van der Waals surface area contributed by atoms with E-state index in [1.54, 1.807) is 23.5 Å². The first-order valence-corrected chi connectivity index (χ1v) is 9.93. The molecule has 3 nitrogen and oxygen atoms in total. The molecular weight excluding hydrogens is 287 g/mol. The van der Waals surface area contributed by atoms with Crippen LogP contribution in [-0.2, 0) is 13.6 Å². The van der Waals surface area contributed by atoms with E-state index in [1.807, 2.05) is 19.9 Å². The Kier molecular flexibility index (Phi) is 7.40. The van der Waals surface area contributed by atoms with Crippen LogP contribution in [0.25, 0.3) is 0 Å². The van der Waals surface area contributed by atoms with Crippen LogP contribution in [0.5, 0.6) is 0 Å². The second kappa shape index (κ2) is 8.01. The molecule has 0 radical (unpaired) electrons. The lowest BCUT2D eigenvalue weighted by atomic mass is 10.3. The van der Waals surface area contributed by atoms with Crippen molar-refractivity contribution in [2.75, 3.05) is 24.7 Å². The Hall–Kier alpha value is 0.590. The summed E-state index contributed by atoms with van der Waals surface area (Å²) in [5.41, 5.74) is 0. The van der Waals surface area contributed by atoms with Gasteiger partial charge >= 0.3 is 7.60 Å². The molecule has 106 valence electrons. The highest BCUT2D eigenvalue weighted by molar-refractivity contribution is 8.25. The lowest BCUT2D eigenvalue weighted by Crippen LogP contribution is -2.27. The van der Waals surface area contributed by atoms with Crippen molar-refractivity contribution in [1.82, 2.24) is 0 Å². The quantitative estimate of drug-likeness (QED) is 0.478. The van der Waals surface area contributed by atoms with Crippen molar-refractivity contribution in [1.29, 1.82) is 0 Å². The molecule has 18 heavy (non-hydrogen) atoms. The van der Waals surface area contributed by atoms with Gasteiger partial charge in [0.2, 0.25) is 0 Å². The third-order valence-corrected chi connectivity index (χ3v) is 10.00. The number of allylic oxidation sites excluding steroid dienone is 1. The van der Waals surface area contributed by atoms with E-state index >= 15 is 0 Å². The monoisotopic (exact) mass is 310 g/mol. The summed E-state index contributed by atoms with van der Waals surface area (Å²) in [6.45, 7) is 8.34. The summed E-state index contributed by atoms with van der Waals surface area (Å²) in [5, 5.41) is 0. The number of thioether (sulfide) groups is 2. The van der Waals surface area contributed by atoms with E-state index < -0.39 is 11.4 Å². The van der Waals surface area contributed by atoms with Gasteiger partial charge in [-0.15, -0.1) is 30.1 Å². The molecule has 1 fully saturated rings. The topological polar surface area (TPSA) is 35.5 Å². The second-order valence-corrected chi connectivity index (χ2v) is 9.85. The molecular formula is C12H23O3PS2. The maximum atomic E-state index is 13.1. The van der Waals surface area contributed by atoms with Gasteiger partial charge in [0.25, 0.3) is 0 Å². The van der Waals surface area contributed by atoms with Crippen LogP contribution in [0.2, 0.25) is 0 Å². The van der Waals surface area contributed by atoms with E-state index in [0.29, 0.717) is 13.2 Å². The van der Waals surface area contributed by atoms with Crippen molar-refractivity contribution in [3.8, 4) is 0 Å². The highest BCUT2D eigenvalue weighted by Crippen LogP contribution is 2.72. The van der Waals surface area contributed by atoms with Crippen molar-refractivity contribution in [3.05, 3.63) is 12.7 Å². The van der Waals surface area contributed by atoms with Crippen LogP contribution < -0.4 is 0 Å². The first-order chi connectivity index (χ1) is 8.64. The van der Waals surface area contributed by atoms with E-state index in [-0.39, 0.29) is 0 Å². The Morgan fingerprint density at radius 3 is 2.28 bits per heavy atom. The van der Waals surface area contributed by atoms with Gasteiger partial charge in [-0.1, -0.05) is 6.08 Å². The Labute approximate surface area is 119 Å². The zero-order valence-corrected chi connectivity index (χ0v) is 13.8. The lowest BCUT2D eigenvalue weighted by molar-refractivity contribution is 0.215. The van der Waals surface area contributed by atoms with E-state index in [2.05, 4.69) is 6.58 Å². The molecule has 1 saturated heterocycles. The maximum Gasteiger partial charge on any atom is 0.356 e. The smallest absolute Gasteiger partial charge is 0.307 e. The maximum absolute atomic E-state index is 13.1. The van der Waals surface area contributed by atoms with Gasteiger partial charge in [0, 0.05) is 0 Å². The molecule has 0 unspecified atom stereocenters. The molecule has 0 bridgehead atoms. The van der Waals surface area contributed by atoms with Crippen molar-refractivity contribution in [2.45, 2.75) is 36.9 Å². The SMILES string of the molecule is C=CCCC1(P(=O)(OCC)OCC)SCCCS1. The predicted molar refractivity (Wildman–Crippen MR) is 82.6 cm³/mol. The molecule has 1 aliphatic heterocycles. The number of rotatable bonds is 8. The number of hydrogen-bond acceptors (Lipinski definition) is 5. The van der Waals surface area contributed by atoms with Gasteiger partial charge in [0.1, 0.15) is 0 Å². The molecule has 1 aliphatic rings. The summed E-state index contributed by atoms with van der Waals surface area (Å²) in [6.07, 6.45) is 4.66. The first-order valence-electron chi connectivity index (χ1n) is 6.42. The van der Waals surface area contributed by atoms with Crippen LogP contribution in [0.15, 0.2) is 12.7 Å². The highest BCUT2D eigenvalue weighted by Gasteiger charge is 2.52. The van der Waals surface area contributed by atoms with E-state index in [1.165, 1.54) is 0 Å². The van der Waals surface area contributed by atoms with E-state index in [9.17, 15) is 4.57 Å². The molecule has 0 aromatic carbocycles. The Morgan fingerprint density at radius 1 is 1.28 bits per heavy atom. The van der Waals surface area contributed by atoms with E-state index in [0.717, 1.165) is 30.8 Å². The van der Waals surface area contributed by atoms with Gasteiger partial charge in [-0.25, -0.2) is 0 Å². The summed E-state index contributed by atoms with van der Waals surface area (Å²) < 4.78 is 23.8. The van der Waals surface area contributed by atoms with E-state index in [4.69, 9.17) is 9.05 Å². The Balaban J connectivity index is 2.96. The first kappa shape index (κ1) is 16.6. The average Bonchev–Trinajstić information content (AvgIpc) is 2.38. The van der Waals surface area contributed by atoms with Crippen molar-refractivity contribution < 1.29 is 13.6 Å². The highest BCUT2D eigenvalue weighted by atomic mass is 32.2. The van der Waals surface area contributed by atoms with Crippen LogP contribution >= 0.6 is 31.1 Å². The van der Waals surface area contributed by atoms with Gasteiger partial charge in [0.05, 0.1) is 13.2 Å². The minimum atomic E-state index is -3.08. The van der Waals surface area contributed by atoms with Gasteiger partial charge in [-0.05, 0) is 44.6 Å². The van der Waals surface area contributed by atoms with Crippen LogP contribution in [0.4, 0.5) is 0 Å². The third kappa shape index (κ3) is 3.80. The Morgan fingerprint density at radius 2 is 1.83 bits per heavy atom. The summed E-state index contributed by atoms with van der Waals surface area (Å²) in [7, 11) is -3.08. The standard InChI is InChI=1S/C12H23O3PS2/c1-4-7-9-12(17-10-8-11-18-12)16(13,14-5-2)15-6-3/h4H,1,5-11H2,2-3H3. The minimum absolute atomic E-state index is 0.425. The van der Waals surface area contributed by atoms with Crippen molar-refractivity contribution >= 4 is 31.1 Å². The molecule has 0 atom stereocenters. The molecule has 0 aliphatic carbocycles. The second-order valence-electron chi connectivity index (χ2n) is 3.92. The third-order valence-electron chi connectivity index (χ3n) is 2.62. The largest absolute Gasteiger partial charge is 0.356 e. The van der Waals surface area contributed by atoms with Crippen LogP contribution in [0, 0.1) is 0 Å². The molecule has 0 amide bonds. The summed E-state index contributed by atoms with van der Waals surface area (Å²) in [5.74, 6) is 2.04. The zero-order chi connectivity index (χ0) is 13.5. The fourth-order valence-corrected chi connectivity index (χ4v) is 8.61. The normalized spacial score (nSPS) is 19.7. The minimum Gasteiger partial charge on any atom is -0.307 e. The van der Waals surface area contributed by atoms with Crippen molar-refractivity contribution in [2.24, 2.45) is 0 Å². The molecule has 0 N–H and O–H groups in total. The molecule has 1 heterocycles. The molecule has 6 heteroatoms. The average molecular weight is 310 g/mol. The molecule has 0 aromatic rings. The van der Waals surface area contributed by atoms with Gasteiger partial charge in [-0.3, -0.25) is 4.57 Å². The molecule has 0 aromatic heterocycles. The zero-order valence-electron chi connectivity index (χ0n) is 11.2. The summed E-state index contributed by atoms with van der Waals surface area (Å²) in [4.78, 5) is 0. The summed E-state index contributed by atoms with van der Waals surface area (Å²) >= 11 is 3.48. The summed E-state index contributed by atoms with van der Waals surface area (Å²) in [6, 6.07) is 0. The van der Waals surface area contributed by atoms with Crippen LogP contribution in [-0.4, -0.2) is 28.5 Å². The van der Waals surface area contributed by atoms with Gasteiger partial charge in [-0.2, -0.15) is 0 Å². The van der Waals surface area contributed by atoms with Crippen molar-refractivity contribution in [3.63, 3.8) is 0 Å². The fraction of sp³-hybridized carbons (Fsp3) is 0.833.